The smallest absolute Gasteiger partial charge is 0.376 e. The Labute approximate surface area is 156 Å². The van der Waals surface area contributed by atoms with E-state index in [2.05, 4.69) is 0 Å². The minimum absolute atomic E-state index is 0.0489. The summed E-state index contributed by atoms with van der Waals surface area (Å²) < 4.78 is 67.2. The molecule has 3 rings (SSSR count). The summed E-state index contributed by atoms with van der Waals surface area (Å²) in [7, 11) is -3.16. The van der Waals surface area contributed by atoms with Crippen molar-refractivity contribution in [3.63, 3.8) is 0 Å². The maximum Gasteiger partial charge on any atom is 0.416 e. The van der Waals surface area contributed by atoms with Gasteiger partial charge in [-0.05, 0) is 37.0 Å². The SMILES string of the molecule is O=C(Cc1ccc(C(F)(F)F)cc1)N(CC1CCCO1)C1CCS(=O)(=O)C1. The predicted octanol–water partition coefficient (Wildman–Crippen LogP) is 2.44. The molecule has 1 aromatic carbocycles. The number of benzene rings is 1. The van der Waals surface area contributed by atoms with Crippen molar-refractivity contribution in [2.45, 2.75) is 44.0 Å². The normalized spacial score (nSPS) is 24.9. The van der Waals surface area contributed by atoms with Crippen molar-refractivity contribution in [2.75, 3.05) is 24.7 Å². The lowest BCUT2D eigenvalue weighted by Crippen LogP contribution is -2.46. The third-order valence-corrected chi connectivity index (χ3v) is 6.78. The molecule has 2 unspecified atom stereocenters. The van der Waals surface area contributed by atoms with Crippen LogP contribution in [0.3, 0.4) is 0 Å². The molecule has 2 heterocycles. The van der Waals surface area contributed by atoms with Gasteiger partial charge in [0.05, 0.1) is 29.6 Å². The molecule has 150 valence electrons. The first-order valence-electron chi connectivity index (χ1n) is 8.92. The van der Waals surface area contributed by atoms with Crippen molar-refractivity contribution in [3.8, 4) is 0 Å². The summed E-state index contributed by atoms with van der Waals surface area (Å²) >= 11 is 0. The number of nitrogens with zero attached hydrogens (tertiary/aromatic N) is 1. The average molecular weight is 405 g/mol. The molecule has 27 heavy (non-hydrogen) atoms. The van der Waals surface area contributed by atoms with Crippen LogP contribution in [0.5, 0.6) is 0 Å². The summed E-state index contributed by atoms with van der Waals surface area (Å²) in [5, 5.41) is 0. The fraction of sp³-hybridized carbons (Fsp3) is 0.611. The van der Waals surface area contributed by atoms with E-state index in [1.165, 1.54) is 12.1 Å². The van der Waals surface area contributed by atoms with E-state index in [-0.39, 0.29) is 29.9 Å². The van der Waals surface area contributed by atoms with E-state index in [1.54, 1.807) is 4.90 Å². The molecule has 0 saturated carbocycles. The number of sulfone groups is 1. The van der Waals surface area contributed by atoms with Gasteiger partial charge in [-0.1, -0.05) is 12.1 Å². The molecule has 2 aliphatic rings. The molecule has 1 amide bonds. The van der Waals surface area contributed by atoms with Crippen LogP contribution in [0.25, 0.3) is 0 Å². The Balaban J connectivity index is 1.72. The zero-order chi connectivity index (χ0) is 19.7. The van der Waals surface area contributed by atoms with Crippen LogP contribution in [-0.4, -0.2) is 56.0 Å². The standard InChI is InChI=1S/C18H22F3NO4S/c19-18(20,21)14-5-3-13(4-6-14)10-17(23)22(11-16-2-1-8-26-16)15-7-9-27(24,25)12-15/h3-6,15-16H,1-2,7-12H2. The third-order valence-electron chi connectivity index (χ3n) is 5.03. The predicted molar refractivity (Wildman–Crippen MR) is 92.9 cm³/mol. The van der Waals surface area contributed by atoms with Gasteiger partial charge in [-0.3, -0.25) is 4.79 Å². The first-order chi connectivity index (χ1) is 12.6. The highest BCUT2D eigenvalue weighted by molar-refractivity contribution is 7.91. The van der Waals surface area contributed by atoms with Gasteiger partial charge in [0, 0.05) is 19.2 Å². The van der Waals surface area contributed by atoms with E-state index in [0.717, 1.165) is 25.0 Å². The molecular formula is C18H22F3NO4S. The second kappa shape index (κ2) is 7.79. The number of ether oxygens (including phenoxy) is 1. The van der Waals surface area contributed by atoms with Gasteiger partial charge < -0.3 is 9.64 Å². The number of amides is 1. The fourth-order valence-electron chi connectivity index (χ4n) is 3.57. The van der Waals surface area contributed by atoms with Crippen LogP contribution in [-0.2, 0) is 32.0 Å². The lowest BCUT2D eigenvalue weighted by atomic mass is 10.1. The van der Waals surface area contributed by atoms with E-state index in [1.807, 2.05) is 0 Å². The van der Waals surface area contributed by atoms with Crippen molar-refractivity contribution in [2.24, 2.45) is 0 Å². The van der Waals surface area contributed by atoms with Crippen LogP contribution in [0.15, 0.2) is 24.3 Å². The maximum atomic E-state index is 12.8. The zero-order valence-corrected chi connectivity index (χ0v) is 15.6. The Morgan fingerprint density at radius 2 is 1.89 bits per heavy atom. The fourth-order valence-corrected chi connectivity index (χ4v) is 5.30. The lowest BCUT2D eigenvalue weighted by Gasteiger charge is -2.30. The van der Waals surface area contributed by atoms with Crippen molar-refractivity contribution >= 4 is 15.7 Å². The van der Waals surface area contributed by atoms with Crippen LogP contribution in [0.4, 0.5) is 13.2 Å². The van der Waals surface area contributed by atoms with Crippen molar-refractivity contribution in [3.05, 3.63) is 35.4 Å². The van der Waals surface area contributed by atoms with Crippen LogP contribution in [0.2, 0.25) is 0 Å². The van der Waals surface area contributed by atoms with Crippen molar-refractivity contribution < 1.29 is 31.1 Å². The largest absolute Gasteiger partial charge is 0.416 e. The van der Waals surface area contributed by atoms with Crippen molar-refractivity contribution in [1.29, 1.82) is 0 Å². The van der Waals surface area contributed by atoms with Gasteiger partial charge in [-0.15, -0.1) is 0 Å². The maximum absolute atomic E-state index is 12.8. The summed E-state index contributed by atoms with van der Waals surface area (Å²) in [5.41, 5.74) is -0.303. The highest BCUT2D eigenvalue weighted by Gasteiger charge is 2.36. The van der Waals surface area contributed by atoms with Crippen LogP contribution < -0.4 is 0 Å². The number of hydrogen-bond donors (Lipinski definition) is 0. The molecule has 2 saturated heterocycles. The number of halogens is 3. The number of hydrogen-bond acceptors (Lipinski definition) is 4. The van der Waals surface area contributed by atoms with Crippen molar-refractivity contribution in [1.82, 2.24) is 4.90 Å². The highest BCUT2D eigenvalue weighted by Crippen LogP contribution is 2.29. The van der Waals surface area contributed by atoms with E-state index >= 15 is 0 Å². The van der Waals surface area contributed by atoms with Gasteiger partial charge in [-0.25, -0.2) is 8.42 Å². The lowest BCUT2D eigenvalue weighted by molar-refractivity contribution is -0.137. The molecule has 9 heteroatoms. The molecule has 2 atom stereocenters. The first kappa shape index (κ1) is 20.1. The van der Waals surface area contributed by atoms with Gasteiger partial charge >= 0.3 is 6.18 Å². The summed E-state index contributed by atoms with van der Waals surface area (Å²) in [6.45, 7) is 0.939. The Morgan fingerprint density at radius 1 is 1.19 bits per heavy atom. The van der Waals surface area contributed by atoms with Gasteiger partial charge in [0.2, 0.25) is 5.91 Å². The minimum atomic E-state index is -4.42. The van der Waals surface area contributed by atoms with Gasteiger partial charge in [-0.2, -0.15) is 13.2 Å². The molecule has 5 nitrogen and oxygen atoms in total. The molecule has 2 aliphatic heterocycles. The Bertz CT molecular complexity index is 771. The van der Waals surface area contributed by atoms with E-state index in [9.17, 15) is 26.4 Å². The summed E-state index contributed by atoms with van der Waals surface area (Å²) in [6.07, 6.45) is -2.52. The molecule has 0 aliphatic carbocycles. The average Bonchev–Trinajstić information content (AvgIpc) is 3.21. The second-order valence-electron chi connectivity index (χ2n) is 7.11. The monoisotopic (exact) mass is 405 g/mol. The molecule has 0 radical (unpaired) electrons. The number of rotatable bonds is 5. The van der Waals surface area contributed by atoms with E-state index in [4.69, 9.17) is 4.74 Å². The van der Waals surface area contributed by atoms with E-state index in [0.29, 0.717) is 25.1 Å². The van der Waals surface area contributed by atoms with Gasteiger partial charge in [0.1, 0.15) is 0 Å². The van der Waals surface area contributed by atoms with Crippen LogP contribution in [0.1, 0.15) is 30.4 Å². The summed E-state index contributed by atoms with van der Waals surface area (Å²) in [5.74, 6) is -0.307. The quantitative estimate of drug-likeness (QED) is 0.755. The van der Waals surface area contributed by atoms with Gasteiger partial charge in [0.15, 0.2) is 9.84 Å². The molecule has 2 fully saturated rings. The van der Waals surface area contributed by atoms with Crippen LogP contribution >= 0.6 is 0 Å². The third kappa shape index (κ3) is 5.22. The second-order valence-corrected chi connectivity index (χ2v) is 9.34. The molecular weight excluding hydrogens is 383 g/mol. The Morgan fingerprint density at radius 3 is 2.41 bits per heavy atom. The topological polar surface area (TPSA) is 63.7 Å². The first-order valence-corrected chi connectivity index (χ1v) is 10.7. The Hall–Kier alpha value is -1.61. The van der Waals surface area contributed by atoms with Crippen LogP contribution in [0, 0.1) is 0 Å². The number of carbonyl (C=O) groups is 1. The molecule has 0 aromatic heterocycles. The Kier molecular flexibility index (Phi) is 5.81. The summed E-state index contributed by atoms with van der Waals surface area (Å²) in [6, 6.07) is 4.08. The summed E-state index contributed by atoms with van der Waals surface area (Å²) in [4.78, 5) is 14.4. The van der Waals surface area contributed by atoms with Gasteiger partial charge in [0.25, 0.3) is 0 Å². The number of alkyl halides is 3. The highest BCUT2D eigenvalue weighted by atomic mass is 32.2. The number of carbonyl (C=O) groups excluding carboxylic acids is 1. The minimum Gasteiger partial charge on any atom is -0.376 e. The molecule has 0 bridgehead atoms. The molecule has 1 aromatic rings. The zero-order valence-electron chi connectivity index (χ0n) is 14.7. The van der Waals surface area contributed by atoms with E-state index < -0.39 is 27.6 Å². The molecule has 0 spiro atoms. The molecule has 0 N–H and O–H groups in total.